The molecule has 3 heterocycles. The Balaban J connectivity index is 1.23. The molecule has 0 aliphatic carbocycles. The predicted octanol–water partition coefficient (Wildman–Crippen LogP) is 1.87. The summed E-state index contributed by atoms with van der Waals surface area (Å²) in [7, 11) is 2.02. The molecule has 2 aromatic rings. The van der Waals surface area contributed by atoms with Crippen LogP contribution in [0.5, 0.6) is 5.75 Å². The summed E-state index contributed by atoms with van der Waals surface area (Å²) >= 11 is 0. The summed E-state index contributed by atoms with van der Waals surface area (Å²) in [6.45, 7) is 3.93. The molecule has 162 valence electrons. The van der Waals surface area contributed by atoms with Crippen molar-refractivity contribution in [1.29, 1.82) is 0 Å². The number of benzene rings is 1. The van der Waals surface area contributed by atoms with Crippen molar-refractivity contribution in [3.63, 3.8) is 0 Å². The van der Waals surface area contributed by atoms with Crippen LogP contribution < -0.4 is 4.74 Å². The van der Waals surface area contributed by atoms with Gasteiger partial charge in [0.05, 0.1) is 6.54 Å². The van der Waals surface area contributed by atoms with Gasteiger partial charge in [-0.3, -0.25) is 4.79 Å². The maximum Gasteiger partial charge on any atom is 0.248 e. The van der Waals surface area contributed by atoms with Crippen molar-refractivity contribution in [2.45, 2.75) is 31.4 Å². The van der Waals surface area contributed by atoms with Crippen LogP contribution in [0.4, 0.5) is 4.39 Å². The predicted molar refractivity (Wildman–Crippen MR) is 110 cm³/mol. The van der Waals surface area contributed by atoms with Crippen LogP contribution in [0.25, 0.3) is 0 Å². The molecule has 0 radical (unpaired) electrons. The molecule has 2 aliphatic rings. The van der Waals surface area contributed by atoms with Crippen molar-refractivity contribution in [3.8, 4) is 5.75 Å². The number of hydrogen-bond acceptors (Lipinski definition) is 5. The fraction of sp³-hybridized carbons (Fsp3) is 0.545. The molecule has 7 nitrogen and oxygen atoms in total. The van der Waals surface area contributed by atoms with E-state index < -0.39 is 0 Å². The molecule has 1 aromatic carbocycles. The molecule has 0 spiro atoms. The minimum Gasteiger partial charge on any atom is -0.491 e. The van der Waals surface area contributed by atoms with Crippen LogP contribution in [-0.4, -0.2) is 76.8 Å². The Kier molecular flexibility index (Phi) is 6.64. The molecule has 4 rings (SSSR count). The Morgan fingerprint density at radius 1 is 1.23 bits per heavy atom. The summed E-state index contributed by atoms with van der Waals surface area (Å²) in [5.74, 6) is 1.47. The molecular formula is C22H29FN4O3. The third-order valence-electron chi connectivity index (χ3n) is 5.98. The third kappa shape index (κ3) is 5.17. The highest BCUT2D eigenvalue weighted by molar-refractivity contribution is 5.78. The lowest BCUT2D eigenvalue weighted by molar-refractivity contribution is -0.155. The maximum absolute atomic E-state index is 13.0. The van der Waals surface area contributed by atoms with Crippen LogP contribution in [-0.2, 0) is 23.0 Å². The van der Waals surface area contributed by atoms with Gasteiger partial charge < -0.3 is 23.8 Å². The number of morpholine rings is 1. The van der Waals surface area contributed by atoms with Crippen molar-refractivity contribution >= 4 is 5.91 Å². The van der Waals surface area contributed by atoms with Gasteiger partial charge in [-0.05, 0) is 37.1 Å². The molecule has 2 aliphatic heterocycles. The molecule has 2 fully saturated rings. The Morgan fingerprint density at radius 3 is 2.70 bits per heavy atom. The van der Waals surface area contributed by atoms with E-state index in [2.05, 4.69) is 14.5 Å². The molecular weight excluding hydrogens is 387 g/mol. The third-order valence-corrected chi connectivity index (χ3v) is 5.98. The first-order valence-corrected chi connectivity index (χ1v) is 10.6. The second-order valence-corrected chi connectivity index (χ2v) is 8.02. The van der Waals surface area contributed by atoms with Gasteiger partial charge in [0.1, 0.15) is 36.7 Å². The molecule has 1 amide bonds. The van der Waals surface area contributed by atoms with Gasteiger partial charge in [0.25, 0.3) is 0 Å². The van der Waals surface area contributed by atoms with Crippen LogP contribution in [0.2, 0.25) is 0 Å². The smallest absolute Gasteiger partial charge is 0.248 e. The highest BCUT2D eigenvalue weighted by Gasteiger charge is 2.33. The molecule has 30 heavy (non-hydrogen) atoms. The van der Waals surface area contributed by atoms with Gasteiger partial charge in [-0.1, -0.05) is 0 Å². The Bertz CT molecular complexity index is 833. The van der Waals surface area contributed by atoms with Crippen LogP contribution in [0, 0.1) is 5.82 Å². The Labute approximate surface area is 176 Å². The second kappa shape index (κ2) is 9.57. The summed E-state index contributed by atoms with van der Waals surface area (Å²) in [5.41, 5.74) is 0. The number of likely N-dealkylation sites (tertiary alicyclic amines) is 1. The van der Waals surface area contributed by atoms with Gasteiger partial charge in [0.2, 0.25) is 5.91 Å². The molecule has 2 saturated heterocycles. The van der Waals surface area contributed by atoms with Gasteiger partial charge in [0, 0.05) is 51.5 Å². The molecule has 0 N–H and O–H groups in total. The summed E-state index contributed by atoms with van der Waals surface area (Å²) < 4.78 is 26.5. The first-order chi connectivity index (χ1) is 14.6. The molecule has 1 aromatic heterocycles. The number of carbonyl (C=O) groups excluding carboxylic acids is 1. The van der Waals surface area contributed by atoms with Crippen molar-refractivity contribution in [2.24, 2.45) is 7.05 Å². The van der Waals surface area contributed by atoms with Crippen LogP contribution >= 0.6 is 0 Å². The van der Waals surface area contributed by atoms with E-state index in [0.29, 0.717) is 18.9 Å². The maximum atomic E-state index is 13.0. The second-order valence-electron chi connectivity index (χ2n) is 8.02. The van der Waals surface area contributed by atoms with Crippen LogP contribution in [0.3, 0.4) is 0 Å². The highest BCUT2D eigenvalue weighted by Crippen LogP contribution is 2.21. The zero-order valence-corrected chi connectivity index (χ0v) is 17.4. The number of aromatic nitrogens is 2. The number of halogens is 1. The zero-order valence-electron chi connectivity index (χ0n) is 17.4. The zero-order chi connectivity index (χ0) is 20.9. The summed E-state index contributed by atoms with van der Waals surface area (Å²) in [5, 5.41) is 0. The topological polar surface area (TPSA) is 59.8 Å². The summed E-state index contributed by atoms with van der Waals surface area (Å²) in [6.07, 6.45) is 6.52. The first kappa shape index (κ1) is 20.8. The summed E-state index contributed by atoms with van der Waals surface area (Å²) in [4.78, 5) is 21.3. The minimum absolute atomic E-state index is 0.0551. The quantitative estimate of drug-likeness (QED) is 0.690. The number of imidazole rings is 1. The van der Waals surface area contributed by atoms with Crippen molar-refractivity contribution in [1.82, 2.24) is 19.4 Å². The van der Waals surface area contributed by atoms with E-state index in [9.17, 15) is 9.18 Å². The molecule has 8 heteroatoms. The highest BCUT2D eigenvalue weighted by atomic mass is 19.1. The fourth-order valence-corrected chi connectivity index (χ4v) is 4.17. The van der Waals surface area contributed by atoms with Crippen molar-refractivity contribution in [2.75, 3.05) is 39.4 Å². The largest absolute Gasteiger partial charge is 0.491 e. The number of ether oxygens (including phenoxy) is 2. The van der Waals surface area contributed by atoms with E-state index in [1.54, 1.807) is 12.1 Å². The summed E-state index contributed by atoms with van der Waals surface area (Å²) in [6, 6.07) is 6.19. The standard InChI is InChI=1S/C22H29FN4O3/c1-25-13-9-24-21(25)8-12-26-10-6-18(7-11-26)27-14-20(30-16-22(27)28)15-29-19-4-2-17(23)3-5-19/h2-5,9,13,18,20H,6-8,10-12,14-16H2,1H3/t20-/m0/s1. The number of carbonyl (C=O) groups is 1. The molecule has 1 atom stereocenters. The average molecular weight is 416 g/mol. The van der Waals surface area contributed by atoms with E-state index in [1.165, 1.54) is 12.1 Å². The Hall–Kier alpha value is -2.45. The van der Waals surface area contributed by atoms with Crippen molar-refractivity contribution in [3.05, 3.63) is 48.3 Å². The number of aryl methyl sites for hydroxylation is 1. The lowest BCUT2D eigenvalue weighted by Crippen LogP contribution is -2.55. The number of piperidine rings is 1. The van der Waals surface area contributed by atoms with Crippen molar-refractivity contribution < 1.29 is 18.7 Å². The Morgan fingerprint density at radius 2 is 2.00 bits per heavy atom. The van der Waals surface area contributed by atoms with E-state index in [-0.39, 0.29) is 30.5 Å². The number of amides is 1. The molecule has 0 saturated carbocycles. The lowest BCUT2D eigenvalue weighted by Gasteiger charge is -2.42. The SMILES string of the molecule is Cn1ccnc1CCN1CCC(N2C[C@@H](COc3ccc(F)cc3)OCC2=O)CC1. The number of nitrogens with zero attached hydrogens (tertiary/aromatic N) is 4. The first-order valence-electron chi connectivity index (χ1n) is 10.6. The van der Waals surface area contributed by atoms with Crippen LogP contribution in [0.1, 0.15) is 18.7 Å². The van der Waals surface area contributed by atoms with E-state index in [1.807, 2.05) is 24.3 Å². The normalized spacial score (nSPS) is 21.2. The minimum atomic E-state index is -0.292. The number of rotatable bonds is 7. The average Bonchev–Trinajstić information content (AvgIpc) is 3.18. The fourth-order valence-electron chi connectivity index (χ4n) is 4.17. The van der Waals surface area contributed by atoms with Gasteiger partial charge >= 0.3 is 0 Å². The van der Waals surface area contributed by atoms with E-state index in [4.69, 9.17) is 9.47 Å². The van der Waals surface area contributed by atoms with Gasteiger partial charge in [-0.2, -0.15) is 0 Å². The molecule has 0 bridgehead atoms. The van der Waals surface area contributed by atoms with Crippen LogP contribution in [0.15, 0.2) is 36.7 Å². The van der Waals surface area contributed by atoms with Gasteiger partial charge in [-0.25, -0.2) is 9.37 Å². The van der Waals surface area contributed by atoms with Gasteiger partial charge in [0.15, 0.2) is 0 Å². The molecule has 0 unspecified atom stereocenters. The number of hydrogen-bond donors (Lipinski definition) is 0. The van der Waals surface area contributed by atoms with Gasteiger partial charge in [-0.15, -0.1) is 0 Å². The monoisotopic (exact) mass is 416 g/mol. The van der Waals surface area contributed by atoms with E-state index >= 15 is 0 Å². The van der Waals surface area contributed by atoms with E-state index in [0.717, 1.165) is 44.7 Å². The lowest BCUT2D eigenvalue weighted by atomic mass is 10.0.